The molecule has 0 aromatic heterocycles. The van der Waals surface area contributed by atoms with E-state index in [-0.39, 0.29) is 0 Å². The summed E-state index contributed by atoms with van der Waals surface area (Å²) in [5, 5.41) is 24.1. The summed E-state index contributed by atoms with van der Waals surface area (Å²) < 4.78 is 1.00. The molecule has 0 heterocycles. The molecule has 1 unspecified atom stereocenters. The lowest BCUT2D eigenvalue weighted by molar-refractivity contribution is -0.849. The number of aliphatic carboxylic acids is 2. The Kier molecular flexibility index (Phi) is 6.94. The molecule has 84 valence electrons. The monoisotopic (exact) mass is 208 g/mol. The van der Waals surface area contributed by atoms with Crippen LogP contribution in [0, 0.1) is 0 Å². The van der Waals surface area contributed by atoms with Gasteiger partial charge in [0.15, 0.2) is 6.10 Å². The first-order chi connectivity index (χ1) is 6.04. The fraction of sp³-hybridized carbons (Fsp3) is 0.750. The third kappa shape index (κ3) is 22.4. The SMILES string of the molecule is C[N+](C)(C)C.O=C(O)CC(O)C(=O)O. The second-order valence-corrected chi connectivity index (χ2v) is 4.14. The van der Waals surface area contributed by atoms with Gasteiger partial charge < -0.3 is 19.8 Å². The average Bonchev–Trinajstić information content (AvgIpc) is 1.80. The van der Waals surface area contributed by atoms with Gasteiger partial charge in [0, 0.05) is 0 Å². The molecule has 0 fully saturated rings. The minimum absolute atomic E-state index is 0.755. The van der Waals surface area contributed by atoms with Crippen molar-refractivity contribution in [1.82, 2.24) is 0 Å². The maximum atomic E-state index is 9.72. The molecule has 14 heavy (non-hydrogen) atoms. The Bertz CT molecular complexity index is 190. The van der Waals surface area contributed by atoms with E-state index in [9.17, 15) is 9.59 Å². The molecule has 0 spiro atoms. The first-order valence-electron chi connectivity index (χ1n) is 3.95. The van der Waals surface area contributed by atoms with E-state index in [4.69, 9.17) is 15.3 Å². The summed E-state index contributed by atoms with van der Waals surface area (Å²) in [5.41, 5.74) is 0. The van der Waals surface area contributed by atoms with Crippen LogP contribution in [0.4, 0.5) is 0 Å². The summed E-state index contributed by atoms with van der Waals surface area (Å²) in [4.78, 5) is 19.4. The lowest BCUT2D eigenvalue weighted by Crippen LogP contribution is -2.27. The molecule has 6 nitrogen and oxygen atoms in total. The Labute approximate surface area is 83.0 Å². The first-order valence-corrected chi connectivity index (χ1v) is 3.95. The molecular weight excluding hydrogens is 190 g/mol. The van der Waals surface area contributed by atoms with Crippen LogP contribution in [-0.4, -0.2) is 66.0 Å². The van der Waals surface area contributed by atoms with Gasteiger partial charge in [-0.2, -0.15) is 0 Å². The highest BCUT2D eigenvalue weighted by atomic mass is 16.4. The molecule has 0 aliphatic rings. The molecule has 0 saturated heterocycles. The maximum Gasteiger partial charge on any atom is 0.333 e. The van der Waals surface area contributed by atoms with Crippen molar-refractivity contribution >= 4 is 11.9 Å². The Morgan fingerprint density at radius 2 is 1.43 bits per heavy atom. The summed E-state index contributed by atoms with van der Waals surface area (Å²) in [7, 11) is 8.50. The number of hydrogen-bond acceptors (Lipinski definition) is 3. The highest BCUT2D eigenvalue weighted by molar-refractivity contribution is 5.79. The number of hydrogen-bond donors (Lipinski definition) is 3. The van der Waals surface area contributed by atoms with Gasteiger partial charge in [0.2, 0.25) is 0 Å². The normalized spacial score (nSPS) is 12.4. The molecule has 0 amide bonds. The second kappa shape index (κ2) is 6.33. The predicted octanol–water partition coefficient (Wildman–Crippen LogP) is -0.771. The average molecular weight is 208 g/mol. The number of carboxylic acids is 2. The molecule has 0 aliphatic heterocycles. The van der Waals surface area contributed by atoms with Crippen LogP contribution in [0.1, 0.15) is 6.42 Å². The molecule has 0 aromatic carbocycles. The van der Waals surface area contributed by atoms with E-state index in [1.165, 1.54) is 0 Å². The molecule has 0 bridgehead atoms. The largest absolute Gasteiger partial charge is 0.481 e. The number of aliphatic hydroxyl groups is 1. The van der Waals surface area contributed by atoms with Crippen molar-refractivity contribution in [3.63, 3.8) is 0 Å². The van der Waals surface area contributed by atoms with Gasteiger partial charge in [0.25, 0.3) is 0 Å². The van der Waals surface area contributed by atoms with Gasteiger partial charge in [-0.1, -0.05) is 0 Å². The summed E-state index contributed by atoms with van der Waals surface area (Å²) in [5.74, 6) is -2.85. The van der Waals surface area contributed by atoms with Crippen molar-refractivity contribution in [3.8, 4) is 0 Å². The molecule has 0 radical (unpaired) electrons. The van der Waals surface area contributed by atoms with Gasteiger partial charge in [-0.3, -0.25) is 4.79 Å². The number of carboxylic acid groups (broad SMARTS) is 2. The predicted molar refractivity (Wildman–Crippen MR) is 49.9 cm³/mol. The van der Waals surface area contributed by atoms with Gasteiger partial charge in [-0.15, -0.1) is 0 Å². The van der Waals surface area contributed by atoms with Crippen LogP contribution in [0.15, 0.2) is 0 Å². The molecular formula is C8H18NO5+. The van der Waals surface area contributed by atoms with Crippen LogP contribution in [0.3, 0.4) is 0 Å². The highest BCUT2D eigenvalue weighted by Gasteiger charge is 2.16. The molecule has 0 saturated carbocycles. The number of carbonyl (C=O) groups is 2. The van der Waals surface area contributed by atoms with Crippen LogP contribution in [0.2, 0.25) is 0 Å². The summed E-state index contributed by atoms with van der Waals surface area (Å²) in [6, 6.07) is 0. The molecule has 6 heteroatoms. The van der Waals surface area contributed by atoms with Crippen molar-refractivity contribution in [2.75, 3.05) is 28.2 Å². The molecule has 3 N–H and O–H groups in total. The second-order valence-electron chi connectivity index (χ2n) is 4.14. The lowest BCUT2D eigenvalue weighted by atomic mass is 10.3. The van der Waals surface area contributed by atoms with Gasteiger partial charge >= 0.3 is 11.9 Å². The van der Waals surface area contributed by atoms with E-state index in [0.29, 0.717) is 0 Å². The van der Waals surface area contributed by atoms with Crippen molar-refractivity contribution < 1.29 is 29.4 Å². The van der Waals surface area contributed by atoms with E-state index < -0.39 is 24.5 Å². The fourth-order valence-corrected chi connectivity index (χ4v) is 0.253. The van der Waals surface area contributed by atoms with Crippen LogP contribution in [-0.2, 0) is 9.59 Å². The van der Waals surface area contributed by atoms with Gasteiger partial charge in [-0.25, -0.2) is 4.79 Å². The summed E-state index contributed by atoms with van der Waals surface area (Å²) in [6.45, 7) is 0. The highest BCUT2D eigenvalue weighted by Crippen LogP contribution is 1.89. The van der Waals surface area contributed by atoms with Crippen molar-refractivity contribution in [2.24, 2.45) is 0 Å². The van der Waals surface area contributed by atoms with Gasteiger partial charge in [0.05, 0.1) is 34.6 Å². The minimum atomic E-state index is -1.79. The number of rotatable bonds is 3. The van der Waals surface area contributed by atoms with Crippen molar-refractivity contribution in [2.45, 2.75) is 12.5 Å². The zero-order valence-corrected chi connectivity index (χ0v) is 8.89. The smallest absolute Gasteiger partial charge is 0.333 e. The standard InChI is InChI=1S/C4H12N.C4H6O5/c1-5(2,3)4;5-2(4(8)9)1-3(6)7/h1-4H3;2,5H,1H2,(H,6,7)(H,8,9)/q+1;. The Hall–Kier alpha value is -1.14. The fourth-order valence-electron chi connectivity index (χ4n) is 0.253. The quantitative estimate of drug-likeness (QED) is 0.529. The third-order valence-electron chi connectivity index (χ3n) is 0.653. The molecule has 0 aromatic rings. The number of quaternary nitrogens is 1. The van der Waals surface area contributed by atoms with Crippen LogP contribution in [0.5, 0.6) is 0 Å². The van der Waals surface area contributed by atoms with E-state index in [0.717, 1.165) is 4.48 Å². The van der Waals surface area contributed by atoms with Crippen molar-refractivity contribution in [3.05, 3.63) is 0 Å². The zero-order chi connectivity index (χ0) is 11.9. The van der Waals surface area contributed by atoms with Crippen LogP contribution < -0.4 is 0 Å². The van der Waals surface area contributed by atoms with Crippen LogP contribution >= 0.6 is 0 Å². The van der Waals surface area contributed by atoms with Gasteiger partial charge in [0.1, 0.15) is 0 Å². The Morgan fingerprint density at radius 1 is 1.14 bits per heavy atom. The topological polar surface area (TPSA) is 94.8 Å². The first kappa shape index (κ1) is 15.3. The van der Waals surface area contributed by atoms with E-state index in [1.807, 2.05) is 0 Å². The van der Waals surface area contributed by atoms with E-state index >= 15 is 0 Å². The minimum Gasteiger partial charge on any atom is -0.481 e. The van der Waals surface area contributed by atoms with Crippen molar-refractivity contribution in [1.29, 1.82) is 0 Å². The number of nitrogens with zero attached hydrogens (tertiary/aromatic N) is 1. The molecule has 1 atom stereocenters. The van der Waals surface area contributed by atoms with E-state index in [2.05, 4.69) is 28.2 Å². The molecule has 0 aliphatic carbocycles. The Balaban J connectivity index is 0. The lowest BCUT2D eigenvalue weighted by Gasteiger charge is -2.14. The summed E-state index contributed by atoms with van der Waals surface area (Å²) >= 11 is 0. The Morgan fingerprint density at radius 3 is 1.50 bits per heavy atom. The zero-order valence-electron chi connectivity index (χ0n) is 8.89. The number of aliphatic hydroxyl groups excluding tert-OH is 1. The van der Waals surface area contributed by atoms with Gasteiger partial charge in [-0.05, 0) is 0 Å². The van der Waals surface area contributed by atoms with Crippen LogP contribution in [0.25, 0.3) is 0 Å². The maximum absolute atomic E-state index is 9.72. The van der Waals surface area contributed by atoms with E-state index in [1.54, 1.807) is 0 Å². The summed E-state index contributed by atoms with van der Waals surface area (Å²) in [6.07, 6.45) is -2.54. The third-order valence-corrected chi connectivity index (χ3v) is 0.653. The molecule has 0 rings (SSSR count).